The molecule has 0 aliphatic heterocycles. The lowest BCUT2D eigenvalue weighted by Gasteiger charge is -2.06. The lowest BCUT2D eigenvalue weighted by atomic mass is 10.1. The molecule has 3 N–H and O–H groups in total. The molecule has 0 saturated heterocycles. The van der Waals surface area contributed by atoms with E-state index < -0.39 is 5.91 Å². The van der Waals surface area contributed by atoms with Gasteiger partial charge in [-0.25, -0.2) is 0 Å². The number of benzene rings is 1. The van der Waals surface area contributed by atoms with Gasteiger partial charge in [0.1, 0.15) is 5.69 Å². The smallest absolute Gasteiger partial charge is 0.275 e. The normalized spacial score (nSPS) is 9.52. The second kappa shape index (κ2) is 13.5. The van der Waals surface area contributed by atoms with Gasteiger partial charge in [-0.05, 0) is 38.5 Å². The second-order valence-electron chi connectivity index (χ2n) is 7.22. The summed E-state index contributed by atoms with van der Waals surface area (Å²) in [5.41, 5.74) is 4.17. The van der Waals surface area contributed by atoms with Crippen LogP contribution in [0.2, 0.25) is 0 Å². The van der Waals surface area contributed by atoms with Crippen molar-refractivity contribution in [2.75, 3.05) is 5.32 Å². The summed E-state index contributed by atoms with van der Waals surface area (Å²) in [5, 5.41) is 12.7. The minimum atomic E-state index is -0.451. The Bertz CT molecular complexity index is 1130. The number of aromatic nitrogens is 3. The number of aryl methyl sites for hydroxylation is 1. The first-order valence-corrected chi connectivity index (χ1v) is 10.8. The zero-order valence-electron chi connectivity index (χ0n) is 20.5. The Morgan fingerprint density at radius 1 is 1.21 bits per heavy atom. The van der Waals surface area contributed by atoms with Crippen molar-refractivity contribution in [3.63, 3.8) is 0 Å². The highest BCUT2D eigenvalue weighted by molar-refractivity contribution is 6.03. The van der Waals surface area contributed by atoms with Gasteiger partial charge in [0, 0.05) is 29.8 Å². The summed E-state index contributed by atoms with van der Waals surface area (Å²) in [4.78, 5) is 24.6. The summed E-state index contributed by atoms with van der Waals surface area (Å²) in [6, 6.07) is 7.88. The minimum absolute atomic E-state index is 0.152. The van der Waals surface area contributed by atoms with Crippen LogP contribution in [0, 0.1) is 0 Å². The fraction of sp³-hybridized carbons (Fsp3) is 0.269. The van der Waals surface area contributed by atoms with Gasteiger partial charge in [-0.15, -0.1) is 0 Å². The third-order valence-electron chi connectivity index (χ3n) is 4.57. The Labute approximate surface area is 196 Å². The number of carbonyl (C=O) groups is 2. The summed E-state index contributed by atoms with van der Waals surface area (Å²) in [6.07, 6.45) is 7.02. The molecular formula is C26H35N5O2. The van der Waals surface area contributed by atoms with Crippen LogP contribution in [0.25, 0.3) is 10.9 Å². The van der Waals surface area contributed by atoms with Gasteiger partial charge in [0.15, 0.2) is 0 Å². The van der Waals surface area contributed by atoms with Crippen LogP contribution in [-0.4, -0.2) is 26.6 Å². The van der Waals surface area contributed by atoms with E-state index in [1.807, 2.05) is 62.8 Å². The van der Waals surface area contributed by atoms with E-state index in [1.54, 1.807) is 0 Å². The number of aromatic amines is 1. The van der Waals surface area contributed by atoms with Crippen molar-refractivity contribution in [3.05, 3.63) is 84.5 Å². The number of carbonyl (C=O) groups excluding carboxylic acids is 2. The van der Waals surface area contributed by atoms with Crippen LogP contribution in [0.1, 0.15) is 50.7 Å². The van der Waals surface area contributed by atoms with Gasteiger partial charge in [0.2, 0.25) is 5.91 Å². The van der Waals surface area contributed by atoms with Gasteiger partial charge in [-0.1, -0.05) is 56.9 Å². The van der Waals surface area contributed by atoms with Crippen molar-refractivity contribution in [1.29, 1.82) is 0 Å². The molecule has 7 nitrogen and oxygen atoms in total. The first kappa shape index (κ1) is 27.2. The van der Waals surface area contributed by atoms with Crippen LogP contribution >= 0.6 is 0 Å². The molecule has 0 fully saturated rings. The number of rotatable bonds is 6. The highest BCUT2D eigenvalue weighted by atomic mass is 16.2. The highest BCUT2D eigenvalue weighted by Crippen LogP contribution is 2.21. The number of amides is 2. The van der Waals surface area contributed by atoms with E-state index in [0.717, 1.165) is 16.5 Å². The predicted octanol–water partition coefficient (Wildman–Crippen LogP) is 5.51. The van der Waals surface area contributed by atoms with Gasteiger partial charge in [-0.3, -0.25) is 14.7 Å². The molecular weight excluding hydrogens is 414 g/mol. The Morgan fingerprint density at radius 2 is 1.85 bits per heavy atom. The summed E-state index contributed by atoms with van der Waals surface area (Å²) >= 11 is 0. The standard InChI is InChI=1S/C19H19N5O2.C5H10.C2H6/c1-4-12(2)21-19(26)18-15(10-20-23-18)22-17(25)9-13-11-24(3)16-8-6-5-7-14(13)16;1-4-5(2)3;1-2/h4-8,10-11H,1-2,9H2,3H3,(H,20,23)(H,21,26)(H,22,25);4H,1-3H3;1-2H3. The molecule has 2 amide bonds. The second-order valence-corrected chi connectivity index (χ2v) is 7.22. The molecule has 33 heavy (non-hydrogen) atoms. The molecule has 0 saturated carbocycles. The van der Waals surface area contributed by atoms with E-state index in [9.17, 15) is 9.59 Å². The maximum atomic E-state index is 12.5. The molecule has 0 unspecified atom stereocenters. The Hall–Kier alpha value is -3.87. The van der Waals surface area contributed by atoms with Crippen LogP contribution in [-0.2, 0) is 18.3 Å². The first-order valence-electron chi connectivity index (χ1n) is 10.8. The maximum Gasteiger partial charge on any atom is 0.275 e. The summed E-state index contributed by atoms with van der Waals surface area (Å²) < 4.78 is 1.98. The number of hydrogen-bond acceptors (Lipinski definition) is 3. The number of para-hydroxylation sites is 1. The number of nitrogens with one attached hydrogen (secondary N) is 3. The highest BCUT2D eigenvalue weighted by Gasteiger charge is 2.17. The molecule has 176 valence electrons. The maximum absolute atomic E-state index is 12.5. The quantitative estimate of drug-likeness (QED) is 0.342. The number of anilines is 1. The molecule has 0 aliphatic rings. The van der Waals surface area contributed by atoms with Crippen molar-refractivity contribution in [3.8, 4) is 0 Å². The van der Waals surface area contributed by atoms with Crippen molar-refractivity contribution in [1.82, 2.24) is 20.1 Å². The lowest BCUT2D eigenvalue weighted by Crippen LogP contribution is -2.24. The Morgan fingerprint density at radius 3 is 2.45 bits per heavy atom. The molecule has 3 aromatic rings. The molecule has 2 aromatic heterocycles. The third-order valence-corrected chi connectivity index (χ3v) is 4.57. The molecule has 0 bridgehead atoms. The molecule has 3 rings (SSSR count). The molecule has 2 heterocycles. The lowest BCUT2D eigenvalue weighted by molar-refractivity contribution is -0.115. The average molecular weight is 450 g/mol. The SMILES string of the molecule is C=CC(=C)NC(=O)c1[nH]ncc1NC(=O)Cc1cn(C)c2ccccc12.CC.CC=C(C)C. The number of allylic oxidation sites excluding steroid dienone is 3. The van der Waals surface area contributed by atoms with Crippen LogP contribution in [0.3, 0.4) is 0 Å². The molecule has 1 aromatic carbocycles. The van der Waals surface area contributed by atoms with Gasteiger partial charge < -0.3 is 15.2 Å². The number of fused-ring (bicyclic) bond motifs is 1. The van der Waals surface area contributed by atoms with Crippen LogP contribution in [0.15, 0.2) is 73.2 Å². The topological polar surface area (TPSA) is 91.8 Å². The van der Waals surface area contributed by atoms with E-state index in [-0.39, 0.29) is 18.0 Å². The van der Waals surface area contributed by atoms with Crippen molar-refractivity contribution >= 4 is 28.4 Å². The fourth-order valence-corrected chi connectivity index (χ4v) is 2.75. The van der Waals surface area contributed by atoms with Crippen LogP contribution in [0.4, 0.5) is 5.69 Å². The summed E-state index contributed by atoms with van der Waals surface area (Å²) in [5.74, 6) is -0.688. The number of H-pyrrole nitrogens is 1. The monoisotopic (exact) mass is 449 g/mol. The van der Waals surface area contributed by atoms with E-state index in [0.29, 0.717) is 11.4 Å². The molecule has 0 radical (unpaired) electrons. The summed E-state index contributed by atoms with van der Waals surface area (Å²) in [7, 11) is 1.94. The van der Waals surface area contributed by atoms with Gasteiger partial charge in [-0.2, -0.15) is 5.10 Å². The zero-order chi connectivity index (χ0) is 25.0. The van der Waals surface area contributed by atoms with Crippen molar-refractivity contribution in [2.24, 2.45) is 7.05 Å². The van der Waals surface area contributed by atoms with Crippen LogP contribution < -0.4 is 10.6 Å². The largest absolute Gasteiger partial charge is 0.350 e. The fourth-order valence-electron chi connectivity index (χ4n) is 2.75. The Balaban J connectivity index is 0.000000689. The van der Waals surface area contributed by atoms with Gasteiger partial charge in [0.05, 0.1) is 18.3 Å². The van der Waals surface area contributed by atoms with E-state index in [1.165, 1.54) is 17.8 Å². The minimum Gasteiger partial charge on any atom is -0.350 e. The average Bonchev–Trinajstić information content (AvgIpc) is 3.40. The molecule has 7 heteroatoms. The predicted molar refractivity (Wildman–Crippen MR) is 137 cm³/mol. The number of hydrogen-bond donors (Lipinski definition) is 3. The van der Waals surface area contributed by atoms with E-state index in [4.69, 9.17) is 0 Å². The van der Waals surface area contributed by atoms with E-state index in [2.05, 4.69) is 53.9 Å². The van der Waals surface area contributed by atoms with Crippen molar-refractivity contribution in [2.45, 2.75) is 41.0 Å². The van der Waals surface area contributed by atoms with Gasteiger partial charge >= 0.3 is 0 Å². The molecule has 0 atom stereocenters. The zero-order valence-corrected chi connectivity index (χ0v) is 20.5. The van der Waals surface area contributed by atoms with Crippen molar-refractivity contribution < 1.29 is 9.59 Å². The van der Waals surface area contributed by atoms with Crippen LogP contribution in [0.5, 0.6) is 0 Å². The Kier molecular flexibility index (Phi) is 11.1. The summed E-state index contributed by atoms with van der Waals surface area (Å²) in [6.45, 7) is 17.4. The number of nitrogens with zero attached hydrogens (tertiary/aromatic N) is 2. The third kappa shape index (κ3) is 7.96. The molecule has 0 spiro atoms. The molecule has 0 aliphatic carbocycles. The van der Waals surface area contributed by atoms with E-state index >= 15 is 0 Å². The first-order chi connectivity index (χ1) is 15.8. The van der Waals surface area contributed by atoms with Gasteiger partial charge in [0.25, 0.3) is 5.91 Å².